The zero-order valence-corrected chi connectivity index (χ0v) is 10.9. The molecule has 6 heteroatoms. The van der Waals surface area contributed by atoms with Crippen molar-refractivity contribution in [2.45, 2.75) is 12.6 Å². The van der Waals surface area contributed by atoms with Crippen molar-refractivity contribution in [2.75, 3.05) is 0 Å². The predicted octanol–water partition coefficient (Wildman–Crippen LogP) is 3.28. The smallest absolute Gasteiger partial charge is 0.207 e. The first kappa shape index (κ1) is 11.6. The van der Waals surface area contributed by atoms with Gasteiger partial charge in [-0.3, -0.25) is 0 Å². The van der Waals surface area contributed by atoms with Crippen molar-refractivity contribution >= 4 is 22.9 Å². The molecule has 0 saturated heterocycles. The summed E-state index contributed by atoms with van der Waals surface area (Å²) >= 11 is 7.47. The Morgan fingerprint density at radius 1 is 1.39 bits per heavy atom. The van der Waals surface area contributed by atoms with Crippen molar-refractivity contribution in [3.05, 3.63) is 57.5 Å². The molecule has 2 aromatic rings. The lowest BCUT2D eigenvalue weighted by molar-refractivity contribution is -0.130. The van der Waals surface area contributed by atoms with E-state index in [9.17, 15) is 0 Å². The van der Waals surface area contributed by atoms with Crippen LogP contribution in [0.1, 0.15) is 16.7 Å². The van der Waals surface area contributed by atoms with Gasteiger partial charge in [-0.25, -0.2) is 0 Å². The van der Waals surface area contributed by atoms with Gasteiger partial charge in [-0.1, -0.05) is 11.6 Å². The zero-order chi connectivity index (χ0) is 12.5. The molecular weight excluding hydrogens is 272 g/mol. The molecule has 4 nitrogen and oxygen atoms in total. The molecule has 0 fully saturated rings. The molecule has 2 N–H and O–H groups in total. The topological polar surface area (TPSA) is 51.6 Å². The zero-order valence-electron chi connectivity index (χ0n) is 9.38. The summed E-state index contributed by atoms with van der Waals surface area (Å²) in [5.41, 5.74) is 5.73. The number of nitrogens with two attached hydrogens (primary N) is 1. The van der Waals surface area contributed by atoms with Crippen molar-refractivity contribution in [2.24, 2.45) is 5.73 Å². The summed E-state index contributed by atoms with van der Waals surface area (Å²) in [6.45, 7) is 0.532. The predicted molar refractivity (Wildman–Crippen MR) is 69.7 cm³/mol. The van der Waals surface area contributed by atoms with Gasteiger partial charge < -0.3 is 15.0 Å². The second-order valence-electron chi connectivity index (χ2n) is 3.90. The van der Waals surface area contributed by atoms with Crippen LogP contribution < -0.4 is 5.73 Å². The Morgan fingerprint density at radius 3 is 2.94 bits per heavy atom. The average Bonchev–Trinajstić information content (AvgIpc) is 3.01. The summed E-state index contributed by atoms with van der Waals surface area (Å²) in [6, 6.07) is 7.57. The number of furan rings is 1. The molecule has 1 unspecified atom stereocenters. The Kier molecular flexibility index (Phi) is 3.03. The van der Waals surface area contributed by atoms with Gasteiger partial charge in [0.15, 0.2) is 0 Å². The van der Waals surface area contributed by atoms with E-state index >= 15 is 0 Å². The van der Waals surface area contributed by atoms with Crippen LogP contribution in [0.25, 0.3) is 0 Å². The molecule has 1 atom stereocenters. The van der Waals surface area contributed by atoms with Crippen LogP contribution >= 0.6 is 22.9 Å². The van der Waals surface area contributed by atoms with E-state index in [1.807, 2.05) is 30.3 Å². The highest BCUT2D eigenvalue weighted by Gasteiger charge is 2.29. The third-order valence-corrected chi connectivity index (χ3v) is 3.93. The fourth-order valence-corrected chi connectivity index (χ4v) is 2.99. The van der Waals surface area contributed by atoms with Gasteiger partial charge in [0.25, 0.3) is 0 Å². The third kappa shape index (κ3) is 2.25. The van der Waals surface area contributed by atoms with Crippen LogP contribution in [0, 0.1) is 0 Å². The van der Waals surface area contributed by atoms with E-state index in [-0.39, 0.29) is 6.04 Å². The van der Waals surface area contributed by atoms with Crippen LogP contribution in [-0.4, -0.2) is 5.06 Å². The molecule has 1 aliphatic rings. The molecule has 0 spiro atoms. The van der Waals surface area contributed by atoms with E-state index < -0.39 is 0 Å². The van der Waals surface area contributed by atoms with Gasteiger partial charge in [-0.15, -0.1) is 16.4 Å². The highest BCUT2D eigenvalue weighted by Crippen LogP contribution is 2.36. The van der Waals surface area contributed by atoms with Crippen LogP contribution in [0.5, 0.6) is 0 Å². The highest BCUT2D eigenvalue weighted by molar-refractivity contribution is 7.16. The molecule has 2 aromatic heterocycles. The van der Waals surface area contributed by atoms with Crippen LogP contribution in [0.3, 0.4) is 0 Å². The maximum Gasteiger partial charge on any atom is 0.207 e. The minimum atomic E-state index is -0.0207. The Morgan fingerprint density at radius 2 is 2.28 bits per heavy atom. The summed E-state index contributed by atoms with van der Waals surface area (Å²) < 4.78 is 6.06. The number of hydroxylamine groups is 2. The van der Waals surface area contributed by atoms with E-state index in [0.29, 0.717) is 12.4 Å². The number of hydrogen-bond donors (Lipinski definition) is 1. The van der Waals surface area contributed by atoms with Gasteiger partial charge >= 0.3 is 0 Å². The molecule has 0 radical (unpaired) electrons. The fraction of sp³-hybridized carbons (Fsp3) is 0.167. The Balaban J connectivity index is 1.82. The van der Waals surface area contributed by atoms with Crippen LogP contribution in [0.2, 0.25) is 4.34 Å². The Hall–Kier alpha value is -1.43. The molecule has 3 rings (SSSR count). The number of halogens is 1. The summed E-state index contributed by atoms with van der Waals surface area (Å²) in [4.78, 5) is 6.58. The van der Waals surface area contributed by atoms with Crippen molar-refractivity contribution in [3.63, 3.8) is 0 Å². The van der Waals surface area contributed by atoms with Gasteiger partial charge in [0.2, 0.25) is 5.88 Å². The third-order valence-electron chi connectivity index (χ3n) is 2.63. The molecule has 1 aliphatic heterocycles. The molecule has 0 amide bonds. The van der Waals surface area contributed by atoms with Gasteiger partial charge in [0.05, 0.1) is 17.1 Å². The Labute approximate surface area is 113 Å². The molecule has 0 aliphatic carbocycles. The molecular formula is C12H11ClN2O2S. The molecule has 0 bridgehead atoms. The summed E-state index contributed by atoms with van der Waals surface area (Å²) in [6.07, 6.45) is 3.50. The van der Waals surface area contributed by atoms with E-state index in [1.165, 1.54) is 11.3 Å². The van der Waals surface area contributed by atoms with Crippen molar-refractivity contribution in [1.29, 1.82) is 0 Å². The van der Waals surface area contributed by atoms with Gasteiger partial charge in [0.1, 0.15) is 11.8 Å². The first-order chi connectivity index (χ1) is 8.72. The average molecular weight is 283 g/mol. The van der Waals surface area contributed by atoms with E-state index in [1.54, 1.807) is 11.3 Å². The normalized spacial score (nSPS) is 19.8. The van der Waals surface area contributed by atoms with Crippen LogP contribution in [0.15, 0.2) is 46.9 Å². The number of hydrogen-bond acceptors (Lipinski definition) is 5. The second-order valence-corrected chi connectivity index (χ2v) is 5.65. The first-order valence-electron chi connectivity index (χ1n) is 5.42. The summed E-state index contributed by atoms with van der Waals surface area (Å²) in [7, 11) is 0. The molecule has 0 aromatic carbocycles. The van der Waals surface area contributed by atoms with E-state index in [0.717, 1.165) is 15.0 Å². The lowest BCUT2D eigenvalue weighted by Crippen LogP contribution is -2.22. The maximum absolute atomic E-state index is 5.95. The van der Waals surface area contributed by atoms with Crippen LogP contribution in [0.4, 0.5) is 0 Å². The SMILES string of the molecule is NC1=CC(c2ccc(Cl)s2)N(Cc2ccco2)O1. The van der Waals surface area contributed by atoms with Gasteiger partial charge in [0, 0.05) is 11.0 Å². The van der Waals surface area contributed by atoms with Crippen LogP contribution in [-0.2, 0) is 11.4 Å². The van der Waals surface area contributed by atoms with Crippen molar-refractivity contribution < 1.29 is 9.25 Å². The second kappa shape index (κ2) is 4.68. The molecule has 3 heterocycles. The number of nitrogens with zero attached hydrogens (tertiary/aromatic N) is 1. The van der Waals surface area contributed by atoms with Crippen molar-refractivity contribution in [3.8, 4) is 0 Å². The maximum atomic E-state index is 5.95. The van der Waals surface area contributed by atoms with E-state index in [4.69, 9.17) is 26.6 Å². The lowest BCUT2D eigenvalue weighted by Gasteiger charge is -2.20. The quantitative estimate of drug-likeness (QED) is 0.939. The molecule has 94 valence electrons. The van der Waals surface area contributed by atoms with E-state index in [2.05, 4.69) is 0 Å². The summed E-state index contributed by atoms with van der Waals surface area (Å²) in [5.74, 6) is 1.22. The minimum Gasteiger partial charge on any atom is -0.468 e. The number of thiophene rings is 1. The fourth-order valence-electron chi connectivity index (χ4n) is 1.86. The standard InChI is InChI=1S/C12H11ClN2O2S/c13-11-4-3-10(18-11)9-6-12(14)17-15(9)7-8-2-1-5-16-8/h1-6,9H,7,14H2. The highest BCUT2D eigenvalue weighted by atomic mass is 35.5. The van der Waals surface area contributed by atoms with Gasteiger partial charge in [-0.05, 0) is 24.3 Å². The molecule has 18 heavy (non-hydrogen) atoms. The lowest BCUT2D eigenvalue weighted by atomic mass is 10.2. The first-order valence-corrected chi connectivity index (χ1v) is 6.61. The molecule has 0 saturated carbocycles. The Bertz CT molecular complexity index is 564. The minimum absolute atomic E-state index is 0.0207. The van der Waals surface area contributed by atoms with Gasteiger partial charge in [-0.2, -0.15) is 0 Å². The van der Waals surface area contributed by atoms with Crippen molar-refractivity contribution in [1.82, 2.24) is 5.06 Å². The summed E-state index contributed by atoms with van der Waals surface area (Å²) in [5, 5.41) is 1.77. The number of rotatable bonds is 3. The largest absolute Gasteiger partial charge is 0.468 e. The monoisotopic (exact) mass is 282 g/mol.